The van der Waals surface area contributed by atoms with E-state index in [-0.39, 0.29) is 10.9 Å². The minimum Gasteiger partial charge on any atom is -0.379 e. The van der Waals surface area contributed by atoms with E-state index >= 15 is 0 Å². The normalized spacial score (nSPS) is 32.8. The summed E-state index contributed by atoms with van der Waals surface area (Å²) in [6, 6.07) is 0. The van der Waals surface area contributed by atoms with Gasteiger partial charge in [0.2, 0.25) is 0 Å². The minimum absolute atomic E-state index is 0.195. The van der Waals surface area contributed by atoms with Gasteiger partial charge in [0.05, 0.1) is 13.2 Å². The number of thiol groups is 1. The lowest BCUT2D eigenvalue weighted by Crippen LogP contribution is -2.36. The van der Waals surface area contributed by atoms with Crippen molar-refractivity contribution in [3.63, 3.8) is 0 Å². The second-order valence-electron chi connectivity index (χ2n) is 2.87. The predicted molar refractivity (Wildman–Crippen MR) is 52.8 cm³/mol. The van der Waals surface area contributed by atoms with Crippen LogP contribution in [0, 0.1) is 0 Å². The standard InChI is InChI=1S/C8H13N2OS/c1-6-12(7-9-1)8-10-2-4-11-5-3-10/h1,6,12H,2-5,8H2. The van der Waals surface area contributed by atoms with E-state index in [4.69, 9.17) is 4.74 Å². The molecule has 1 radical (unpaired) electrons. The first kappa shape index (κ1) is 8.29. The highest BCUT2D eigenvalue weighted by Gasteiger charge is 2.12. The highest BCUT2D eigenvalue weighted by molar-refractivity contribution is 8.30. The maximum absolute atomic E-state index is 5.27. The molecule has 2 aliphatic heterocycles. The molecule has 0 amide bonds. The number of aliphatic imine (C=N–C) groups is 1. The van der Waals surface area contributed by atoms with Crippen molar-refractivity contribution in [2.45, 2.75) is 0 Å². The molecule has 0 aromatic carbocycles. The van der Waals surface area contributed by atoms with Crippen molar-refractivity contribution >= 4 is 16.4 Å². The summed E-state index contributed by atoms with van der Waals surface area (Å²) in [6.07, 6.45) is 1.85. The van der Waals surface area contributed by atoms with Crippen molar-refractivity contribution in [2.75, 3.05) is 32.2 Å². The van der Waals surface area contributed by atoms with Gasteiger partial charge in [-0.25, -0.2) is 4.99 Å². The smallest absolute Gasteiger partial charge is 0.112 e. The highest BCUT2D eigenvalue weighted by atomic mass is 32.2. The van der Waals surface area contributed by atoms with Gasteiger partial charge >= 0.3 is 0 Å². The van der Waals surface area contributed by atoms with Gasteiger partial charge in [0.25, 0.3) is 0 Å². The third kappa shape index (κ3) is 2.09. The Morgan fingerprint density at radius 3 is 3.00 bits per heavy atom. The molecule has 4 heteroatoms. The van der Waals surface area contributed by atoms with Crippen molar-refractivity contribution in [2.24, 2.45) is 4.99 Å². The van der Waals surface area contributed by atoms with Crippen LogP contribution in [0.15, 0.2) is 16.6 Å². The van der Waals surface area contributed by atoms with Crippen molar-refractivity contribution in [1.82, 2.24) is 4.90 Å². The molecule has 0 bridgehead atoms. The van der Waals surface area contributed by atoms with Gasteiger partial charge < -0.3 is 4.74 Å². The van der Waals surface area contributed by atoms with Crippen LogP contribution in [0.1, 0.15) is 0 Å². The van der Waals surface area contributed by atoms with Crippen LogP contribution in [0.4, 0.5) is 0 Å². The molecule has 1 unspecified atom stereocenters. The number of ether oxygens (including phenoxy) is 1. The van der Waals surface area contributed by atoms with Crippen LogP contribution < -0.4 is 0 Å². The van der Waals surface area contributed by atoms with Crippen LogP contribution >= 0.6 is 10.9 Å². The fraction of sp³-hybridized carbons (Fsp3) is 0.625. The van der Waals surface area contributed by atoms with Crippen LogP contribution in [-0.2, 0) is 4.74 Å². The first-order valence-electron chi connectivity index (χ1n) is 4.14. The molecule has 1 saturated heterocycles. The Bertz CT molecular complexity index is 187. The molecule has 3 nitrogen and oxygen atoms in total. The molecule has 0 saturated carbocycles. The van der Waals surface area contributed by atoms with E-state index in [0.29, 0.717) is 0 Å². The van der Waals surface area contributed by atoms with Gasteiger partial charge in [-0.15, -0.1) is 0 Å². The summed E-state index contributed by atoms with van der Waals surface area (Å²) < 4.78 is 5.27. The Kier molecular flexibility index (Phi) is 2.81. The summed E-state index contributed by atoms with van der Waals surface area (Å²) in [5, 5.41) is 2.16. The first-order chi connectivity index (χ1) is 5.95. The Morgan fingerprint density at radius 1 is 1.50 bits per heavy atom. The second kappa shape index (κ2) is 4.07. The molecule has 67 valence electrons. The third-order valence-electron chi connectivity index (χ3n) is 1.96. The van der Waals surface area contributed by atoms with E-state index in [1.807, 2.05) is 6.20 Å². The topological polar surface area (TPSA) is 24.8 Å². The third-order valence-corrected chi connectivity index (χ3v) is 3.53. The number of hydrogen-bond acceptors (Lipinski definition) is 3. The molecular weight excluding hydrogens is 172 g/mol. The van der Waals surface area contributed by atoms with Gasteiger partial charge in [-0.05, 0) is 5.41 Å². The Balaban J connectivity index is 1.77. The molecule has 2 heterocycles. The summed E-state index contributed by atoms with van der Waals surface area (Å²) >= 11 is 0. The fourth-order valence-corrected chi connectivity index (χ4v) is 2.67. The Hall–Kier alpha value is -0.320. The summed E-state index contributed by atoms with van der Waals surface area (Å²) in [5.74, 6) is 1.11. The largest absolute Gasteiger partial charge is 0.379 e. The lowest BCUT2D eigenvalue weighted by Gasteiger charge is -2.28. The van der Waals surface area contributed by atoms with Crippen molar-refractivity contribution in [3.8, 4) is 0 Å². The van der Waals surface area contributed by atoms with Crippen molar-refractivity contribution in [1.29, 1.82) is 0 Å². The summed E-state index contributed by atoms with van der Waals surface area (Å²) in [7, 11) is -0.195. The summed E-state index contributed by atoms with van der Waals surface area (Å²) in [4.78, 5) is 6.39. The molecular formula is C8H13N2OS. The Labute approximate surface area is 75.5 Å². The molecule has 2 rings (SSSR count). The maximum atomic E-state index is 5.27. The highest BCUT2D eigenvalue weighted by Crippen LogP contribution is 2.28. The zero-order valence-electron chi connectivity index (χ0n) is 6.94. The lowest BCUT2D eigenvalue weighted by atomic mass is 10.5. The van der Waals surface area contributed by atoms with Crippen LogP contribution in [0.5, 0.6) is 0 Å². The summed E-state index contributed by atoms with van der Waals surface area (Å²) in [6.45, 7) is 3.89. The van der Waals surface area contributed by atoms with Gasteiger partial charge in [0.15, 0.2) is 0 Å². The molecule has 2 aliphatic rings. The maximum Gasteiger partial charge on any atom is 0.112 e. The number of nitrogens with zero attached hydrogens (tertiary/aromatic N) is 2. The average molecular weight is 185 g/mol. The first-order valence-corrected chi connectivity index (χ1v) is 5.74. The molecule has 0 N–H and O–H groups in total. The van der Waals surface area contributed by atoms with Gasteiger partial charge in [0.1, 0.15) is 5.55 Å². The average Bonchev–Trinajstić information content (AvgIpc) is 2.59. The van der Waals surface area contributed by atoms with Gasteiger partial charge in [-0.2, -0.15) is 10.9 Å². The predicted octanol–water partition coefficient (Wildman–Crippen LogP) is 0.667. The Morgan fingerprint density at radius 2 is 2.33 bits per heavy atom. The van der Waals surface area contributed by atoms with Gasteiger partial charge in [-0.1, -0.05) is 0 Å². The van der Waals surface area contributed by atoms with E-state index in [0.717, 1.165) is 32.2 Å². The van der Waals surface area contributed by atoms with E-state index in [1.165, 1.54) is 0 Å². The van der Waals surface area contributed by atoms with Crippen LogP contribution in [0.25, 0.3) is 0 Å². The van der Waals surface area contributed by atoms with E-state index in [1.54, 1.807) is 0 Å². The van der Waals surface area contributed by atoms with E-state index in [9.17, 15) is 0 Å². The van der Waals surface area contributed by atoms with Crippen molar-refractivity contribution in [3.05, 3.63) is 11.6 Å². The lowest BCUT2D eigenvalue weighted by molar-refractivity contribution is 0.0473. The second-order valence-corrected chi connectivity index (χ2v) is 4.59. The van der Waals surface area contributed by atoms with Gasteiger partial charge in [0, 0.05) is 25.2 Å². The SMILES string of the molecule is [C]1=NC=C[SH]1CN1CCOCC1. The number of hydrogen-bond donors (Lipinski definition) is 1. The van der Waals surface area contributed by atoms with Gasteiger partial charge in [-0.3, -0.25) is 4.90 Å². The zero-order valence-corrected chi connectivity index (χ0v) is 7.83. The zero-order chi connectivity index (χ0) is 8.23. The van der Waals surface area contributed by atoms with Crippen LogP contribution in [-0.4, -0.2) is 42.6 Å². The molecule has 1 fully saturated rings. The molecule has 0 aromatic rings. The van der Waals surface area contributed by atoms with Crippen LogP contribution in [0.3, 0.4) is 0 Å². The molecule has 12 heavy (non-hydrogen) atoms. The molecule has 0 aliphatic carbocycles. The van der Waals surface area contributed by atoms with E-state index < -0.39 is 0 Å². The molecule has 0 spiro atoms. The fourth-order valence-electron chi connectivity index (χ4n) is 1.29. The van der Waals surface area contributed by atoms with Crippen molar-refractivity contribution < 1.29 is 4.74 Å². The summed E-state index contributed by atoms with van der Waals surface area (Å²) in [5.41, 5.74) is 3.10. The minimum atomic E-state index is -0.195. The molecule has 1 atom stereocenters. The van der Waals surface area contributed by atoms with Crippen LogP contribution in [0.2, 0.25) is 0 Å². The number of morpholine rings is 1. The quantitative estimate of drug-likeness (QED) is 0.639. The number of rotatable bonds is 2. The monoisotopic (exact) mass is 185 g/mol. The molecule has 0 aromatic heterocycles. The van der Waals surface area contributed by atoms with E-state index in [2.05, 4.69) is 20.8 Å².